The van der Waals surface area contributed by atoms with Crippen molar-refractivity contribution in [3.8, 4) is 23.3 Å². The van der Waals surface area contributed by atoms with Crippen LogP contribution in [-0.4, -0.2) is 51.7 Å². The van der Waals surface area contributed by atoms with E-state index in [0.717, 1.165) is 5.56 Å². The molecule has 1 atom stereocenters. The Morgan fingerprint density at radius 1 is 1.15 bits per heavy atom. The van der Waals surface area contributed by atoms with Crippen molar-refractivity contribution in [2.75, 3.05) is 30.6 Å². The Labute approximate surface area is 240 Å². The quantitative estimate of drug-likeness (QED) is 0.326. The van der Waals surface area contributed by atoms with Crippen LogP contribution in [0.15, 0.2) is 48.7 Å². The van der Waals surface area contributed by atoms with Gasteiger partial charge in [0.1, 0.15) is 19.1 Å². The second kappa shape index (κ2) is 9.84. The highest BCUT2D eigenvalue weighted by Crippen LogP contribution is 2.54. The minimum absolute atomic E-state index is 0.0578. The fourth-order valence-corrected chi connectivity index (χ4v) is 5.82. The van der Waals surface area contributed by atoms with Crippen LogP contribution in [0, 0.1) is 6.92 Å². The maximum absolute atomic E-state index is 14.3. The van der Waals surface area contributed by atoms with E-state index in [1.54, 1.807) is 24.3 Å². The SMILES string of the molecule is COc1nc(OCCF)ncc1-c1nc2c(n1C(C)C)C1(C(=O)Nc3cc(C)ccc31)N(c1cccc(Cl)c1)C2=O. The molecule has 0 saturated carbocycles. The highest BCUT2D eigenvalue weighted by atomic mass is 35.5. The topological polar surface area (TPSA) is 111 Å². The van der Waals surface area contributed by atoms with E-state index in [1.165, 1.54) is 18.2 Å². The molecule has 12 heteroatoms. The monoisotopic (exact) mass is 576 g/mol. The van der Waals surface area contributed by atoms with Crippen molar-refractivity contribution in [2.45, 2.75) is 32.4 Å². The molecule has 0 radical (unpaired) electrons. The molecule has 4 heterocycles. The maximum Gasteiger partial charge on any atom is 0.319 e. The van der Waals surface area contributed by atoms with E-state index < -0.39 is 24.0 Å². The normalized spacial score (nSPS) is 17.3. The Bertz CT molecular complexity index is 1720. The molecule has 2 aliphatic heterocycles. The molecule has 2 aliphatic rings. The number of halogens is 2. The predicted molar refractivity (Wildman–Crippen MR) is 151 cm³/mol. The molecular weight excluding hydrogens is 551 g/mol. The van der Waals surface area contributed by atoms with Gasteiger partial charge in [-0.3, -0.25) is 14.5 Å². The van der Waals surface area contributed by atoms with Gasteiger partial charge in [0.2, 0.25) is 5.88 Å². The molecule has 0 aliphatic carbocycles. The molecule has 1 N–H and O–H groups in total. The molecule has 210 valence electrons. The predicted octanol–water partition coefficient (Wildman–Crippen LogP) is 5.10. The summed E-state index contributed by atoms with van der Waals surface area (Å²) in [5.74, 6) is -0.392. The van der Waals surface area contributed by atoms with E-state index in [0.29, 0.717) is 39.0 Å². The number of hydrogen-bond acceptors (Lipinski definition) is 7. The van der Waals surface area contributed by atoms with Crippen molar-refractivity contribution in [2.24, 2.45) is 0 Å². The largest absolute Gasteiger partial charge is 0.480 e. The van der Waals surface area contributed by atoms with Crippen LogP contribution < -0.4 is 19.7 Å². The number of carbonyl (C=O) groups excluding carboxylic acids is 2. The summed E-state index contributed by atoms with van der Waals surface area (Å²) in [6.07, 6.45) is 1.45. The number of anilines is 2. The van der Waals surface area contributed by atoms with Gasteiger partial charge in [0.15, 0.2) is 11.2 Å². The number of aromatic nitrogens is 4. The summed E-state index contributed by atoms with van der Waals surface area (Å²) in [6, 6.07) is 12.2. The van der Waals surface area contributed by atoms with E-state index >= 15 is 0 Å². The number of rotatable bonds is 7. The number of hydrogen-bond donors (Lipinski definition) is 1. The van der Waals surface area contributed by atoms with Gasteiger partial charge in [-0.2, -0.15) is 4.98 Å². The molecular formula is C29H26ClFN6O4. The van der Waals surface area contributed by atoms with Gasteiger partial charge in [0, 0.05) is 34.2 Å². The lowest BCUT2D eigenvalue weighted by Crippen LogP contribution is -2.51. The number of fused-ring (bicyclic) bond motifs is 4. The molecule has 1 spiro atoms. The first-order valence-corrected chi connectivity index (χ1v) is 13.4. The van der Waals surface area contributed by atoms with Crippen molar-refractivity contribution in [3.63, 3.8) is 0 Å². The molecule has 10 nitrogen and oxygen atoms in total. The van der Waals surface area contributed by atoms with Crippen LogP contribution in [0.2, 0.25) is 5.02 Å². The van der Waals surface area contributed by atoms with Crippen LogP contribution in [0.5, 0.6) is 11.9 Å². The Kier molecular flexibility index (Phi) is 6.41. The highest BCUT2D eigenvalue weighted by molar-refractivity contribution is 6.31. The molecule has 6 rings (SSSR count). The number of imidazole rings is 1. The molecule has 0 fully saturated rings. The average molecular weight is 577 g/mol. The van der Waals surface area contributed by atoms with E-state index in [4.69, 9.17) is 26.1 Å². The zero-order valence-electron chi connectivity index (χ0n) is 22.7. The molecule has 0 saturated heterocycles. The summed E-state index contributed by atoms with van der Waals surface area (Å²) in [5.41, 5.74) is 1.95. The van der Waals surface area contributed by atoms with Crippen LogP contribution >= 0.6 is 11.6 Å². The third-order valence-electron chi connectivity index (χ3n) is 7.19. The number of amides is 2. The number of benzene rings is 2. The minimum Gasteiger partial charge on any atom is -0.480 e. The number of nitrogens with one attached hydrogen (secondary N) is 1. The standard InChI is InChI=1S/C29H26ClFN6O4/c1-15(2)36-23-22(34-24(36)19-14-32-28(41-11-10-31)35-25(19)40-4)26(38)37(18-7-5-6-17(30)13-18)29(23)20-9-8-16(3)12-21(20)33-27(29)39/h5-9,12-15H,10-11H2,1-4H3,(H,33,39). The Hall–Kier alpha value is -4.51. The number of nitrogens with zero attached hydrogens (tertiary/aromatic N) is 5. The third-order valence-corrected chi connectivity index (χ3v) is 7.43. The third kappa shape index (κ3) is 3.86. The second-order valence-corrected chi connectivity index (χ2v) is 10.5. The number of aryl methyl sites for hydroxylation is 1. The van der Waals surface area contributed by atoms with Gasteiger partial charge in [0.25, 0.3) is 11.8 Å². The first-order chi connectivity index (χ1) is 19.7. The van der Waals surface area contributed by atoms with Crippen LogP contribution in [0.1, 0.15) is 47.2 Å². The second-order valence-electron chi connectivity index (χ2n) is 10.0. The van der Waals surface area contributed by atoms with E-state index in [9.17, 15) is 14.0 Å². The fraction of sp³-hybridized carbons (Fsp3) is 0.276. The molecule has 1 unspecified atom stereocenters. The van der Waals surface area contributed by atoms with Gasteiger partial charge >= 0.3 is 6.01 Å². The summed E-state index contributed by atoms with van der Waals surface area (Å²) in [7, 11) is 1.43. The van der Waals surface area contributed by atoms with E-state index in [1.807, 2.05) is 43.5 Å². The van der Waals surface area contributed by atoms with Crippen LogP contribution in [0.3, 0.4) is 0 Å². The van der Waals surface area contributed by atoms with Crippen molar-refractivity contribution < 1.29 is 23.5 Å². The lowest BCUT2D eigenvalue weighted by Gasteiger charge is -2.35. The number of ether oxygens (including phenoxy) is 2. The highest BCUT2D eigenvalue weighted by Gasteiger charge is 2.64. The Morgan fingerprint density at radius 2 is 1.95 bits per heavy atom. The van der Waals surface area contributed by atoms with Crippen molar-refractivity contribution in [1.82, 2.24) is 19.5 Å². The van der Waals surface area contributed by atoms with Crippen LogP contribution in [-0.2, 0) is 10.3 Å². The maximum atomic E-state index is 14.3. The zero-order chi connectivity index (χ0) is 29.1. The Morgan fingerprint density at radius 3 is 2.66 bits per heavy atom. The lowest BCUT2D eigenvalue weighted by molar-refractivity contribution is -0.119. The average Bonchev–Trinajstić information content (AvgIpc) is 3.55. The van der Waals surface area contributed by atoms with Gasteiger partial charge in [-0.15, -0.1) is 0 Å². The van der Waals surface area contributed by atoms with Crippen molar-refractivity contribution in [3.05, 3.63) is 76.2 Å². The van der Waals surface area contributed by atoms with Gasteiger partial charge in [-0.1, -0.05) is 29.8 Å². The van der Waals surface area contributed by atoms with E-state index in [2.05, 4.69) is 15.3 Å². The molecule has 2 aromatic carbocycles. The molecule has 2 aromatic heterocycles. The first-order valence-electron chi connectivity index (χ1n) is 13.0. The molecule has 2 amide bonds. The zero-order valence-corrected chi connectivity index (χ0v) is 23.5. The summed E-state index contributed by atoms with van der Waals surface area (Å²) < 4.78 is 25.3. The first kappa shape index (κ1) is 26.7. The van der Waals surface area contributed by atoms with Crippen molar-refractivity contribution >= 4 is 34.8 Å². The van der Waals surface area contributed by atoms with Gasteiger partial charge in [-0.05, 0) is 50.6 Å². The summed E-state index contributed by atoms with van der Waals surface area (Å²) in [6.45, 7) is 4.89. The van der Waals surface area contributed by atoms with Gasteiger partial charge in [-0.25, -0.2) is 14.4 Å². The summed E-state index contributed by atoms with van der Waals surface area (Å²) >= 11 is 6.36. The fourth-order valence-electron chi connectivity index (χ4n) is 5.64. The smallest absolute Gasteiger partial charge is 0.319 e. The van der Waals surface area contributed by atoms with Gasteiger partial charge in [0.05, 0.1) is 18.4 Å². The number of carbonyl (C=O) groups is 2. The minimum atomic E-state index is -1.58. The number of alkyl halides is 1. The summed E-state index contributed by atoms with van der Waals surface area (Å²) in [4.78, 5) is 43.3. The van der Waals surface area contributed by atoms with Crippen LogP contribution in [0.25, 0.3) is 11.4 Å². The van der Waals surface area contributed by atoms with Crippen molar-refractivity contribution in [1.29, 1.82) is 0 Å². The molecule has 41 heavy (non-hydrogen) atoms. The number of methoxy groups -OCH3 is 1. The van der Waals surface area contributed by atoms with Crippen LogP contribution in [0.4, 0.5) is 15.8 Å². The van der Waals surface area contributed by atoms with E-state index in [-0.39, 0.29) is 30.2 Å². The Balaban J connectivity index is 1.66. The lowest BCUT2D eigenvalue weighted by atomic mass is 9.86. The van der Waals surface area contributed by atoms with Gasteiger partial charge < -0.3 is 19.4 Å². The summed E-state index contributed by atoms with van der Waals surface area (Å²) in [5, 5.41) is 3.43. The molecule has 4 aromatic rings. The molecule has 0 bridgehead atoms.